The maximum Gasteiger partial charge on any atom is 0.233 e. The summed E-state index contributed by atoms with van der Waals surface area (Å²) >= 11 is 3.28. The molecule has 0 radical (unpaired) electrons. The average Bonchev–Trinajstić information content (AvgIpc) is 3.19. The predicted octanol–water partition coefficient (Wildman–Crippen LogP) is 3.44. The van der Waals surface area contributed by atoms with Gasteiger partial charge in [-0.1, -0.05) is 30.0 Å². The number of aryl methyl sites for hydroxylation is 1. The van der Waals surface area contributed by atoms with Crippen LogP contribution in [0.5, 0.6) is 0 Å². The molecule has 0 unspecified atom stereocenters. The van der Waals surface area contributed by atoms with Crippen molar-refractivity contribution in [1.29, 1.82) is 0 Å². The summed E-state index contributed by atoms with van der Waals surface area (Å²) in [5.74, 6) is 0.601. The fourth-order valence-corrected chi connectivity index (χ4v) is 4.81. The van der Waals surface area contributed by atoms with Crippen LogP contribution < -0.4 is 0 Å². The van der Waals surface area contributed by atoms with E-state index in [-0.39, 0.29) is 5.91 Å². The number of fused-ring (bicyclic) bond motifs is 1. The van der Waals surface area contributed by atoms with Gasteiger partial charge in [-0.3, -0.25) is 9.69 Å². The Morgan fingerprint density at radius 1 is 1.07 bits per heavy atom. The summed E-state index contributed by atoms with van der Waals surface area (Å²) in [5.41, 5.74) is 2.65. The fraction of sp³-hybridized carbons (Fsp3) is 0.350. The van der Waals surface area contributed by atoms with Crippen LogP contribution in [0.25, 0.3) is 11.0 Å². The first-order valence-corrected chi connectivity index (χ1v) is 10.9. The first-order valence-electron chi connectivity index (χ1n) is 9.08. The molecular formula is C20H22N4OS2. The fourth-order valence-electron chi connectivity index (χ4n) is 3.21. The smallest absolute Gasteiger partial charge is 0.233 e. The van der Waals surface area contributed by atoms with E-state index in [0.717, 1.165) is 54.5 Å². The van der Waals surface area contributed by atoms with Gasteiger partial charge in [0.05, 0.1) is 22.5 Å². The predicted molar refractivity (Wildman–Crippen MR) is 111 cm³/mol. The number of carbonyl (C=O) groups excluding carboxylic acids is 1. The average molecular weight is 399 g/mol. The summed E-state index contributed by atoms with van der Waals surface area (Å²) in [6.45, 7) is 6.41. The van der Waals surface area contributed by atoms with Crippen LogP contribution in [-0.2, 0) is 11.3 Å². The number of hydrogen-bond acceptors (Lipinski definition) is 6. The Morgan fingerprint density at radius 2 is 1.81 bits per heavy atom. The highest BCUT2D eigenvalue weighted by atomic mass is 32.2. The van der Waals surface area contributed by atoms with Crippen molar-refractivity contribution in [3.63, 3.8) is 0 Å². The molecule has 1 fully saturated rings. The Kier molecular flexibility index (Phi) is 5.71. The second kappa shape index (κ2) is 8.37. The molecule has 0 N–H and O–H groups in total. The molecule has 3 heterocycles. The van der Waals surface area contributed by atoms with E-state index >= 15 is 0 Å². The van der Waals surface area contributed by atoms with Gasteiger partial charge in [0.1, 0.15) is 5.03 Å². The van der Waals surface area contributed by atoms with Crippen molar-refractivity contribution in [2.24, 2.45) is 0 Å². The first-order chi connectivity index (χ1) is 13.2. The number of benzene rings is 1. The topological polar surface area (TPSA) is 49.3 Å². The minimum atomic E-state index is 0.185. The van der Waals surface area contributed by atoms with Gasteiger partial charge in [-0.05, 0) is 30.5 Å². The molecule has 1 saturated heterocycles. The number of para-hydroxylation sites is 2. The van der Waals surface area contributed by atoms with Gasteiger partial charge in [0, 0.05) is 37.6 Å². The number of rotatable bonds is 5. The van der Waals surface area contributed by atoms with Gasteiger partial charge in [0.15, 0.2) is 0 Å². The number of amides is 1. The van der Waals surface area contributed by atoms with Crippen molar-refractivity contribution >= 4 is 40.0 Å². The van der Waals surface area contributed by atoms with Crippen molar-refractivity contribution in [2.45, 2.75) is 18.5 Å². The maximum atomic E-state index is 12.6. The molecule has 5 nitrogen and oxygen atoms in total. The van der Waals surface area contributed by atoms with Gasteiger partial charge in [-0.25, -0.2) is 9.97 Å². The van der Waals surface area contributed by atoms with E-state index in [1.54, 1.807) is 11.3 Å². The standard InChI is InChI=1S/C20H22N4OS2/c1-15-20(22-18-7-3-2-6-17(18)21-15)27-14-19(25)24-10-8-23(9-11-24)13-16-5-4-12-26-16/h2-7,12H,8-11,13-14H2,1H3. The summed E-state index contributed by atoms with van der Waals surface area (Å²) in [6, 6.07) is 12.1. The van der Waals surface area contributed by atoms with Gasteiger partial charge in [0.25, 0.3) is 0 Å². The van der Waals surface area contributed by atoms with E-state index < -0.39 is 0 Å². The van der Waals surface area contributed by atoms with Crippen LogP contribution in [0, 0.1) is 6.92 Å². The zero-order chi connectivity index (χ0) is 18.6. The third-order valence-electron chi connectivity index (χ3n) is 4.72. The highest BCUT2D eigenvalue weighted by Gasteiger charge is 2.21. The van der Waals surface area contributed by atoms with Crippen molar-refractivity contribution in [1.82, 2.24) is 19.8 Å². The molecule has 1 aromatic carbocycles. The normalized spacial score (nSPS) is 15.4. The van der Waals surface area contributed by atoms with Gasteiger partial charge >= 0.3 is 0 Å². The number of thioether (sulfide) groups is 1. The van der Waals surface area contributed by atoms with Crippen LogP contribution in [0.4, 0.5) is 0 Å². The summed E-state index contributed by atoms with van der Waals surface area (Å²) in [7, 11) is 0. The molecule has 1 aliphatic heterocycles. The van der Waals surface area contributed by atoms with E-state index in [2.05, 4.69) is 32.4 Å². The van der Waals surface area contributed by atoms with Crippen LogP contribution in [0.3, 0.4) is 0 Å². The maximum absolute atomic E-state index is 12.6. The van der Waals surface area contributed by atoms with E-state index in [4.69, 9.17) is 0 Å². The molecule has 140 valence electrons. The quantitative estimate of drug-likeness (QED) is 0.616. The van der Waals surface area contributed by atoms with E-state index in [9.17, 15) is 4.79 Å². The van der Waals surface area contributed by atoms with E-state index in [1.807, 2.05) is 36.1 Å². The number of piperazine rings is 1. The van der Waals surface area contributed by atoms with Gasteiger partial charge in [-0.15, -0.1) is 11.3 Å². The number of nitrogens with zero attached hydrogens (tertiary/aromatic N) is 4. The second-order valence-corrected chi connectivity index (χ2v) is 8.62. The second-order valence-electron chi connectivity index (χ2n) is 6.63. The molecule has 0 aliphatic carbocycles. The highest BCUT2D eigenvalue weighted by Crippen LogP contribution is 2.22. The molecular weight excluding hydrogens is 376 g/mol. The molecule has 3 aromatic rings. The zero-order valence-corrected chi connectivity index (χ0v) is 16.9. The van der Waals surface area contributed by atoms with Crippen LogP contribution >= 0.6 is 23.1 Å². The Balaban J connectivity index is 1.30. The molecule has 7 heteroatoms. The van der Waals surface area contributed by atoms with Crippen molar-refractivity contribution in [2.75, 3.05) is 31.9 Å². The third kappa shape index (κ3) is 4.48. The van der Waals surface area contributed by atoms with Gasteiger partial charge < -0.3 is 4.90 Å². The lowest BCUT2D eigenvalue weighted by Gasteiger charge is -2.34. The Hall–Kier alpha value is -1.96. The Bertz CT molecular complexity index is 921. The van der Waals surface area contributed by atoms with Crippen molar-refractivity contribution in [3.8, 4) is 0 Å². The summed E-state index contributed by atoms with van der Waals surface area (Å²) < 4.78 is 0. The molecule has 0 bridgehead atoms. The van der Waals surface area contributed by atoms with E-state index in [1.165, 1.54) is 16.6 Å². The number of aromatic nitrogens is 2. The zero-order valence-electron chi connectivity index (χ0n) is 15.3. The summed E-state index contributed by atoms with van der Waals surface area (Å²) in [4.78, 5) is 27.7. The van der Waals surface area contributed by atoms with Gasteiger partial charge in [-0.2, -0.15) is 0 Å². The number of hydrogen-bond donors (Lipinski definition) is 0. The minimum Gasteiger partial charge on any atom is -0.339 e. The van der Waals surface area contributed by atoms with Crippen LogP contribution in [0.15, 0.2) is 46.8 Å². The lowest BCUT2D eigenvalue weighted by atomic mass is 10.3. The van der Waals surface area contributed by atoms with Gasteiger partial charge in [0.2, 0.25) is 5.91 Å². The minimum absolute atomic E-state index is 0.185. The summed E-state index contributed by atoms with van der Waals surface area (Å²) in [6.07, 6.45) is 0. The Morgan fingerprint density at radius 3 is 2.52 bits per heavy atom. The van der Waals surface area contributed by atoms with Crippen LogP contribution in [-0.4, -0.2) is 57.6 Å². The Labute approximate surface area is 167 Å². The van der Waals surface area contributed by atoms with Crippen molar-refractivity contribution in [3.05, 3.63) is 52.3 Å². The largest absolute Gasteiger partial charge is 0.339 e. The molecule has 2 aromatic heterocycles. The van der Waals surface area contributed by atoms with Crippen LogP contribution in [0.1, 0.15) is 10.6 Å². The van der Waals surface area contributed by atoms with Crippen LogP contribution in [0.2, 0.25) is 0 Å². The molecule has 27 heavy (non-hydrogen) atoms. The number of thiophene rings is 1. The monoisotopic (exact) mass is 398 g/mol. The third-order valence-corrected chi connectivity index (χ3v) is 6.63. The molecule has 1 amide bonds. The first kappa shape index (κ1) is 18.4. The highest BCUT2D eigenvalue weighted by molar-refractivity contribution is 7.99. The molecule has 1 aliphatic rings. The van der Waals surface area contributed by atoms with E-state index in [0.29, 0.717) is 5.75 Å². The van der Waals surface area contributed by atoms with Crippen molar-refractivity contribution < 1.29 is 4.79 Å². The lowest BCUT2D eigenvalue weighted by molar-refractivity contribution is -0.130. The number of carbonyl (C=O) groups is 1. The molecule has 0 spiro atoms. The lowest BCUT2D eigenvalue weighted by Crippen LogP contribution is -2.48. The molecule has 4 rings (SSSR count). The molecule has 0 saturated carbocycles. The SMILES string of the molecule is Cc1nc2ccccc2nc1SCC(=O)N1CCN(Cc2cccs2)CC1. The summed E-state index contributed by atoms with van der Waals surface area (Å²) in [5, 5.41) is 2.96. The molecule has 0 atom stereocenters.